The SMILES string of the molecule is CCNC(=NCc1ccc(F)cc1C(F)(F)F)NCCCNS(C)(=O)=O. The van der Waals surface area contributed by atoms with E-state index in [9.17, 15) is 26.0 Å². The number of hydrogen-bond acceptors (Lipinski definition) is 3. The van der Waals surface area contributed by atoms with Crippen LogP contribution in [0.15, 0.2) is 23.2 Å². The second-order valence-corrected chi connectivity index (χ2v) is 7.27. The first kappa shape index (κ1) is 22.2. The lowest BCUT2D eigenvalue weighted by Gasteiger charge is -2.14. The number of rotatable bonds is 8. The highest BCUT2D eigenvalue weighted by Gasteiger charge is 2.33. The topological polar surface area (TPSA) is 82.6 Å². The van der Waals surface area contributed by atoms with Gasteiger partial charge in [-0.05, 0) is 31.0 Å². The summed E-state index contributed by atoms with van der Waals surface area (Å²) in [5.74, 6) is -0.683. The van der Waals surface area contributed by atoms with E-state index in [0.29, 0.717) is 25.6 Å². The Balaban J connectivity index is 2.72. The fourth-order valence-electron chi connectivity index (χ4n) is 2.01. The van der Waals surface area contributed by atoms with E-state index in [4.69, 9.17) is 0 Å². The van der Waals surface area contributed by atoms with E-state index in [0.717, 1.165) is 18.4 Å². The molecule has 11 heteroatoms. The first-order chi connectivity index (χ1) is 12.0. The van der Waals surface area contributed by atoms with Gasteiger partial charge in [-0.25, -0.2) is 22.5 Å². The van der Waals surface area contributed by atoms with Gasteiger partial charge in [0, 0.05) is 19.6 Å². The standard InChI is InChI=1S/C15H22F4N4O2S/c1-3-20-14(21-7-4-8-23-26(2,24)25)22-10-11-5-6-12(16)9-13(11)15(17,18)19/h5-6,9,23H,3-4,7-8,10H2,1-2H3,(H2,20,21,22). The maximum atomic E-state index is 13.1. The molecule has 148 valence electrons. The monoisotopic (exact) mass is 398 g/mol. The molecular weight excluding hydrogens is 376 g/mol. The van der Waals surface area contributed by atoms with Crippen molar-refractivity contribution in [3.63, 3.8) is 0 Å². The summed E-state index contributed by atoms with van der Waals surface area (Å²) in [6, 6.07) is 2.46. The minimum Gasteiger partial charge on any atom is -0.357 e. The Hall–Kier alpha value is -1.88. The van der Waals surface area contributed by atoms with Gasteiger partial charge in [0.15, 0.2) is 5.96 Å². The average Bonchev–Trinajstić information content (AvgIpc) is 2.51. The van der Waals surface area contributed by atoms with E-state index in [1.54, 1.807) is 6.92 Å². The van der Waals surface area contributed by atoms with Crippen molar-refractivity contribution in [2.75, 3.05) is 25.9 Å². The number of halogens is 4. The van der Waals surface area contributed by atoms with Gasteiger partial charge in [-0.2, -0.15) is 13.2 Å². The molecule has 0 aliphatic heterocycles. The molecule has 0 unspecified atom stereocenters. The van der Waals surface area contributed by atoms with Gasteiger partial charge in [0.25, 0.3) is 0 Å². The van der Waals surface area contributed by atoms with Crippen molar-refractivity contribution >= 4 is 16.0 Å². The van der Waals surface area contributed by atoms with Crippen molar-refractivity contribution in [2.45, 2.75) is 26.1 Å². The summed E-state index contributed by atoms with van der Waals surface area (Å²) in [4.78, 5) is 4.07. The predicted molar refractivity (Wildman–Crippen MR) is 91.7 cm³/mol. The van der Waals surface area contributed by atoms with Crippen LogP contribution in [0.1, 0.15) is 24.5 Å². The highest BCUT2D eigenvalue weighted by atomic mass is 32.2. The third-order valence-corrected chi connectivity index (χ3v) is 3.87. The number of nitrogens with zero attached hydrogens (tertiary/aromatic N) is 1. The van der Waals surface area contributed by atoms with Crippen molar-refractivity contribution in [1.82, 2.24) is 15.4 Å². The largest absolute Gasteiger partial charge is 0.416 e. The molecule has 0 atom stereocenters. The Morgan fingerprint density at radius 2 is 1.88 bits per heavy atom. The Bertz CT molecular complexity index is 721. The summed E-state index contributed by atoms with van der Waals surface area (Å²) < 4.78 is 76.3. The smallest absolute Gasteiger partial charge is 0.357 e. The second kappa shape index (κ2) is 9.72. The first-order valence-electron chi connectivity index (χ1n) is 7.85. The van der Waals surface area contributed by atoms with Crippen molar-refractivity contribution in [2.24, 2.45) is 4.99 Å². The van der Waals surface area contributed by atoms with Crippen LogP contribution in [-0.4, -0.2) is 40.3 Å². The van der Waals surface area contributed by atoms with Crippen molar-refractivity contribution in [1.29, 1.82) is 0 Å². The highest BCUT2D eigenvalue weighted by molar-refractivity contribution is 7.88. The molecule has 0 bridgehead atoms. The Morgan fingerprint density at radius 3 is 2.46 bits per heavy atom. The molecule has 0 saturated heterocycles. The zero-order chi connectivity index (χ0) is 19.8. The molecule has 1 rings (SSSR count). The van der Waals surface area contributed by atoms with Gasteiger partial charge in [-0.15, -0.1) is 0 Å². The maximum absolute atomic E-state index is 13.1. The molecule has 0 fully saturated rings. The quantitative estimate of drug-likeness (QED) is 0.270. The van der Waals surface area contributed by atoms with Crippen LogP contribution in [0.4, 0.5) is 17.6 Å². The lowest BCUT2D eigenvalue weighted by atomic mass is 10.1. The fourth-order valence-corrected chi connectivity index (χ4v) is 2.52. The van der Waals surface area contributed by atoms with Crippen LogP contribution in [0.5, 0.6) is 0 Å². The molecule has 0 aromatic heterocycles. The summed E-state index contributed by atoms with van der Waals surface area (Å²) >= 11 is 0. The number of guanidine groups is 1. The molecule has 0 spiro atoms. The third kappa shape index (κ3) is 8.48. The fraction of sp³-hybridized carbons (Fsp3) is 0.533. The summed E-state index contributed by atoms with van der Waals surface area (Å²) in [7, 11) is -3.26. The van der Waals surface area contributed by atoms with E-state index in [1.807, 2.05) is 0 Å². The van der Waals surface area contributed by atoms with Gasteiger partial charge in [-0.3, -0.25) is 0 Å². The third-order valence-electron chi connectivity index (χ3n) is 3.14. The van der Waals surface area contributed by atoms with Crippen LogP contribution in [0.2, 0.25) is 0 Å². The molecule has 6 nitrogen and oxygen atoms in total. The molecule has 0 radical (unpaired) electrons. The summed E-state index contributed by atoms with van der Waals surface area (Å²) in [6.45, 7) is 2.59. The van der Waals surface area contributed by atoms with Crippen molar-refractivity contribution in [3.8, 4) is 0 Å². The Kier molecular flexibility index (Phi) is 8.28. The second-order valence-electron chi connectivity index (χ2n) is 5.44. The van der Waals surface area contributed by atoms with E-state index < -0.39 is 27.6 Å². The number of benzene rings is 1. The number of aliphatic imine (C=N–C) groups is 1. The maximum Gasteiger partial charge on any atom is 0.416 e. The van der Waals surface area contributed by atoms with Crippen molar-refractivity contribution < 1.29 is 26.0 Å². The summed E-state index contributed by atoms with van der Waals surface area (Å²) in [6.07, 6.45) is -3.16. The summed E-state index contributed by atoms with van der Waals surface area (Å²) in [5.41, 5.74) is -1.20. The van der Waals surface area contributed by atoms with E-state index >= 15 is 0 Å². The molecule has 0 aliphatic carbocycles. The first-order valence-corrected chi connectivity index (χ1v) is 9.74. The predicted octanol–water partition coefficient (Wildman–Crippen LogP) is 1.84. The van der Waals surface area contributed by atoms with Crippen LogP contribution in [0.3, 0.4) is 0 Å². The van der Waals surface area contributed by atoms with Crippen LogP contribution >= 0.6 is 0 Å². The Labute approximate surface area is 150 Å². The van der Waals surface area contributed by atoms with Crippen LogP contribution in [0, 0.1) is 5.82 Å². The zero-order valence-electron chi connectivity index (χ0n) is 14.5. The van der Waals surface area contributed by atoms with Crippen LogP contribution in [-0.2, 0) is 22.7 Å². The number of alkyl halides is 3. The molecular formula is C15H22F4N4O2S. The number of hydrogen-bond donors (Lipinski definition) is 3. The molecule has 3 N–H and O–H groups in total. The molecule has 0 amide bonds. The minimum atomic E-state index is -4.67. The van der Waals surface area contributed by atoms with Gasteiger partial charge < -0.3 is 10.6 Å². The van der Waals surface area contributed by atoms with E-state index in [-0.39, 0.29) is 24.6 Å². The van der Waals surface area contributed by atoms with Gasteiger partial charge in [0.2, 0.25) is 10.0 Å². The minimum absolute atomic E-state index is 0.144. The lowest BCUT2D eigenvalue weighted by molar-refractivity contribution is -0.138. The van der Waals surface area contributed by atoms with Gasteiger partial charge >= 0.3 is 6.18 Å². The normalized spacial score (nSPS) is 12.9. The lowest BCUT2D eigenvalue weighted by Crippen LogP contribution is -2.38. The van der Waals surface area contributed by atoms with Gasteiger partial charge in [-0.1, -0.05) is 6.07 Å². The van der Waals surface area contributed by atoms with Gasteiger partial charge in [0.05, 0.1) is 18.4 Å². The molecule has 0 aliphatic rings. The zero-order valence-corrected chi connectivity index (χ0v) is 15.3. The van der Waals surface area contributed by atoms with Crippen LogP contribution < -0.4 is 15.4 Å². The highest BCUT2D eigenvalue weighted by Crippen LogP contribution is 2.32. The number of nitrogens with one attached hydrogen (secondary N) is 3. The molecule has 1 aromatic rings. The van der Waals surface area contributed by atoms with Crippen LogP contribution in [0.25, 0.3) is 0 Å². The Morgan fingerprint density at radius 1 is 1.19 bits per heavy atom. The molecule has 0 heterocycles. The average molecular weight is 398 g/mol. The van der Waals surface area contributed by atoms with Gasteiger partial charge in [0.1, 0.15) is 5.82 Å². The molecule has 0 saturated carbocycles. The van der Waals surface area contributed by atoms with E-state index in [1.165, 1.54) is 0 Å². The summed E-state index contributed by atoms with van der Waals surface area (Å²) in [5, 5.41) is 5.77. The van der Waals surface area contributed by atoms with E-state index in [2.05, 4.69) is 20.3 Å². The molecule has 26 heavy (non-hydrogen) atoms. The van der Waals surface area contributed by atoms with Crippen molar-refractivity contribution in [3.05, 3.63) is 35.1 Å². The number of sulfonamides is 1. The molecule has 1 aromatic carbocycles.